The van der Waals surface area contributed by atoms with E-state index < -0.39 is 0 Å². The molecule has 0 atom stereocenters. The topological polar surface area (TPSA) is 45.5 Å². The van der Waals surface area contributed by atoms with Crippen LogP contribution in [0.2, 0.25) is 0 Å². The van der Waals surface area contributed by atoms with Crippen molar-refractivity contribution in [2.24, 2.45) is 0 Å². The molecular weight excluding hydrogens is 1370 g/mol. The molecule has 0 bridgehead atoms. The van der Waals surface area contributed by atoms with Crippen LogP contribution in [0.4, 0.5) is 0 Å². The minimum atomic E-state index is -0.115. The monoisotopic (exact) mass is 1460 g/mol. The van der Waals surface area contributed by atoms with Gasteiger partial charge in [0.1, 0.15) is 11.0 Å². The Kier molecular flexibility index (Phi) is 18.6. The maximum atomic E-state index is 5.29. The van der Waals surface area contributed by atoms with Crippen LogP contribution in [0.5, 0.6) is 0 Å². The van der Waals surface area contributed by atoms with Crippen molar-refractivity contribution >= 4 is 110 Å². The third-order valence-corrected chi connectivity index (χ3v) is 26.8. The number of para-hydroxylation sites is 8. The number of hydrogen-bond acceptors (Lipinski definition) is 3. The molecule has 7 heteroatoms. The van der Waals surface area contributed by atoms with E-state index in [1.807, 2.05) is 0 Å². The van der Waals surface area contributed by atoms with Crippen molar-refractivity contribution in [3.63, 3.8) is 0 Å². The molecule has 0 saturated heterocycles. The fraction of sp³-hybridized carbons (Fsp3) is 0.250. The Balaban J connectivity index is 0.592. The number of unbranched alkanes of at least 4 members (excludes halogenated alkanes) is 12. The van der Waals surface area contributed by atoms with E-state index in [0.717, 1.165) is 88.6 Å². The first-order chi connectivity index (χ1) is 55.1. The average Bonchev–Trinajstić information content (AvgIpc) is 1.56. The van der Waals surface area contributed by atoms with Gasteiger partial charge in [0.05, 0.1) is 11.7 Å². The number of rotatable bonds is 30. The van der Waals surface area contributed by atoms with Gasteiger partial charge in [-0.1, -0.05) is 308 Å². The molecule has 0 saturated carbocycles. The van der Waals surface area contributed by atoms with E-state index in [0.29, 0.717) is 0 Å². The summed E-state index contributed by atoms with van der Waals surface area (Å²) in [6.07, 6.45) is 23.5. The summed E-state index contributed by atoms with van der Waals surface area (Å²) in [5, 5.41) is 10.9. The molecule has 18 aromatic rings. The number of hydrogen-bond donors (Lipinski definition) is 0. The molecule has 5 heterocycles. The van der Waals surface area contributed by atoms with Gasteiger partial charge in [-0.25, -0.2) is 0 Å². The van der Waals surface area contributed by atoms with Crippen molar-refractivity contribution in [2.45, 2.75) is 165 Å². The van der Waals surface area contributed by atoms with Gasteiger partial charge < -0.3 is 18.3 Å². The van der Waals surface area contributed by atoms with Crippen molar-refractivity contribution in [1.29, 1.82) is 0 Å². The van der Waals surface area contributed by atoms with Gasteiger partial charge in [0.15, 0.2) is 0 Å². The second kappa shape index (κ2) is 29.9. The van der Waals surface area contributed by atoms with E-state index in [1.54, 1.807) is 0 Å². The normalized spacial score (nSPS) is 13.5. The minimum Gasteiger partial charge on any atom is -0.340 e. The van der Waals surface area contributed by atoms with Crippen molar-refractivity contribution in [1.82, 2.24) is 27.0 Å². The number of aryl methyl sites for hydroxylation is 4. The molecule has 6 nitrogen and oxygen atoms in total. The van der Waals surface area contributed by atoms with Crippen LogP contribution in [0.3, 0.4) is 0 Å². The van der Waals surface area contributed by atoms with Crippen molar-refractivity contribution < 1.29 is 0 Å². The quantitative estimate of drug-likeness (QED) is 0.0421. The molecule has 0 spiro atoms. The molecule has 0 unspecified atom stereocenters. The first-order valence-corrected chi connectivity index (χ1v) is 42.4. The molecule has 2 aliphatic rings. The smallest absolute Gasteiger partial charge is 0.113 e. The highest BCUT2D eigenvalue weighted by molar-refractivity contribution is 7.00. The van der Waals surface area contributed by atoms with E-state index in [2.05, 4.69) is 309 Å². The molecule has 0 N–H and O–H groups in total. The number of nitrogens with zero attached hydrogens (tertiary/aromatic N) is 6. The summed E-state index contributed by atoms with van der Waals surface area (Å²) < 4.78 is 20.9. The molecule has 0 fully saturated rings. The summed E-state index contributed by atoms with van der Waals surface area (Å²) in [6.45, 7) is 4.12. The SMILES string of the molecule is c1ccc2c(c1)-c1ccc(-c3ccc(-c4ccc5c(c4)C(CCCCCCn4c6ccccc6c6ccccc64)(CCCCCCn4c6ccccc6c6ccccc64)c4ccccc4-5)c4nsnc34)cc1C2(CCCCCCn1c2ccccc2c2ccccc21)CCCCCCn1c2ccccc2c2ccccc21. The fourth-order valence-electron chi connectivity index (χ4n) is 21.1. The predicted molar refractivity (Wildman–Crippen MR) is 471 cm³/mol. The van der Waals surface area contributed by atoms with E-state index >= 15 is 0 Å². The molecule has 5 aromatic heterocycles. The Morgan fingerprint density at radius 3 is 0.712 bits per heavy atom. The number of benzene rings is 13. The average molecular weight is 1460 g/mol. The lowest BCUT2D eigenvalue weighted by molar-refractivity contribution is 0.397. The molecule has 0 amide bonds. The first kappa shape index (κ1) is 69.1. The van der Waals surface area contributed by atoms with Crippen LogP contribution in [0, 0.1) is 0 Å². The lowest BCUT2D eigenvalue weighted by Crippen LogP contribution is -2.25. The van der Waals surface area contributed by atoms with Gasteiger partial charge in [0.2, 0.25) is 0 Å². The Labute approximate surface area is 656 Å². The van der Waals surface area contributed by atoms with Crippen LogP contribution in [-0.4, -0.2) is 27.0 Å². The van der Waals surface area contributed by atoms with Gasteiger partial charge in [0.25, 0.3) is 0 Å². The highest BCUT2D eigenvalue weighted by Gasteiger charge is 2.44. The first-order valence-electron chi connectivity index (χ1n) is 41.7. The van der Waals surface area contributed by atoms with Crippen molar-refractivity contribution in [2.75, 3.05) is 0 Å². The number of aromatic nitrogens is 6. The lowest BCUT2D eigenvalue weighted by Gasteiger charge is -2.33. The largest absolute Gasteiger partial charge is 0.340 e. The van der Waals surface area contributed by atoms with Gasteiger partial charge in [0, 0.05) is 135 Å². The molecule has 111 heavy (non-hydrogen) atoms. The second-order valence-corrected chi connectivity index (χ2v) is 32.8. The molecule has 0 aliphatic heterocycles. The molecule has 0 radical (unpaired) electrons. The molecule has 2 aliphatic carbocycles. The van der Waals surface area contributed by atoms with E-state index in [1.165, 1.54) is 243 Å². The maximum Gasteiger partial charge on any atom is 0.113 e. The summed E-state index contributed by atoms with van der Waals surface area (Å²) in [4.78, 5) is 0. The summed E-state index contributed by atoms with van der Waals surface area (Å²) in [7, 11) is 0. The highest BCUT2D eigenvalue weighted by Crippen LogP contribution is 2.58. The Morgan fingerprint density at radius 1 is 0.207 bits per heavy atom. The van der Waals surface area contributed by atoms with Crippen molar-refractivity contribution in [3.8, 4) is 44.5 Å². The van der Waals surface area contributed by atoms with Crippen LogP contribution in [0.1, 0.15) is 151 Å². The summed E-state index contributed by atoms with van der Waals surface area (Å²) in [6, 6.07) is 111. The lowest BCUT2D eigenvalue weighted by atomic mass is 9.70. The van der Waals surface area contributed by atoms with Crippen LogP contribution in [-0.2, 0) is 37.0 Å². The third kappa shape index (κ3) is 12.2. The highest BCUT2D eigenvalue weighted by atomic mass is 32.1. The van der Waals surface area contributed by atoms with Gasteiger partial charge in [-0.15, -0.1) is 0 Å². The van der Waals surface area contributed by atoms with E-state index in [9.17, 15) is 0 Å². The van der Waals surface area contributed by atoms with E-state index in [4.69, 9.17) is 8.75 Å². The standard InChI is InChI=1S/C104H96N6S/c1(5-33-67-107-93-49-21-11-39-81(93)82-40-12-22-50-94(82)107)29-63-103(64-30-2-6-34-68-108-95-51-23-13-41-83(95)84-42-14-24-52-96(84)108)89-47-19-9-37-77(89)79-59-57-73(71-91(79)103)75-61-62-76(102-101(75)105-111-106-102)74-58-60-80-78-38-10-20-48-90(78)104(92(80)72-74,65-31-3-7-35-69-109-97-53-25-15-43-85(97)86-44-16-26-54-98(86)109)66-32-4-8-36-70-110-99-55-27-17-45-87(99)88-46-18-28-56-100(88)110/h9-28,37-62,71-72H,1-8,29-36,63-70H2. The van der Waals surface area contributed by atoms with Gasteiger partial charge in [-0.3, -0.25) is 0 Å². The molecule has 13 aromatic carbocycles. The van der Waals surface area contributed by atoms with Crippen LogP contribution in [0.25, 0.3) is 143 Å². The molecular formula is C104H96N6S. The third-order valence-electron chi connectivity index (χ3n) is 26.2. The Hall–Kier alpha value is -11.1. The second-order valence-electron chi connectivity index (χ2n) is 32.3. The number of fused-ring (bicyclic) bond motifs is 19. The predicted octanol–water partition coefficient (Wildman–Crippen LogP) is 28.6. The molecule has 20 rings (SSSR count). The zero-order chi connectivity index (χ0) is 73.7. The zero-order valence-electron chi connectivity index (χ0n) is 63.8. The van der Waals surface area contributed by atoms with Crippen LogP contribution in [0.15, 0.2) is 291 Å². The van der Waals surface area contributed by atoms with Gasteiger partial charge in [-0.2, -0.15) is 8.75 Å². The Bertz CT molecular complexity index is 5630. The summed E-state index contributed by atoms with van der Waals surface area (Å²) >= 11 is 1.36. The van der Waals surface area contributed by atoms with Crippen molar-refractivity contribution in [3.05, 3.63) is 313 Å². The summed E-state index contributed by atoms with van der Waals surface area (Å²) in [5.41, 5.74) is 29.0. The minimum absolute atomic E-state index is 0.115. The maximum absolute atomic E-state index is 5.29. The fourth-order valence-corrected chi connectivity index (χ4v) is 21.7. The summed E-state index contributed by atoms with van der Waals surface area (Å²) in [5.74, 6) is 0. The van der Waals surface area contributed by atoms with E-state index in [-0.39, 0.29) is 10.8 Å². The van der Waals surface area contributed by atoms with Gasteiger partial charge in [-0.05, 0) is 168 Å². The molecule has 548 valence electrons. The Morgan fingerprint density at radius 2 is 0.432 bits per heavy atom. The van der Waals surface area contributed by atoms with Crippen LogP contribution >= 0.6 is 11.7 Å². The van der Waals surface area contributed by atoms with Gasteiger partial charge >= 0.3 is 0 Å². The van der Waals surface area contributed by atoms with Crippen LogP contribution < -0.4 is 0 Å². The zero-order valence-corrected chi connectivity index (χ0v) is 64.6.